The molecule has 0 bridgehead atoms. The van der Waals surface area contributed by atoms with E-state index in [1.807, 2.05) is 146 Å². The van der Waals surface area contributed by atoms with Crippen molar-refractivity contribution in [3.8, 4) is 0 Å². The molecule has 2 aliphatic heterocycles. The smallest absolute Gasteiger partial charge is 0.267 e. The summed E-state index contributed by atoms with van der Waals surface area (Å²) < 4.78 is 5.42. The third-order valence-corrected chi connectivity index (χ3v) is 9.58. The maximum atomic E-state index is 13.0. The van der Waals surface area contributed by atoms with E-state index in [9.17, 15) is 9.59 Å². The van der Waals surface area contributed by atoms with Crippen LogP contribution in [0.3, 0.4) is 0 Å². The number of hydrogen-bond donors (Lipinski definition) is 0. The number of carbonyl (C=O) groups excluding carboxylic acids is 2. The van der Waals surface area contributed by atoms with Gasteiger partial charge in [0.2, 0.25) is 0 Å². The molecule has 3 heterocycles. The summed E-state index contributed by atoms with van der Waals surface area (Å²) in [5, 5.41) is 1.42. The lowest BCUT2D eigenvalue weighted by molar-refractivity contribution is -0.123. The van der Waals surface area contributed by atoms with Crippen molar-refractivity contribution in [1.29, 1.82) is 0 Å². The Labute approximate surface area is 301 Å². The number of amidine groups is 2. The number of hydrogen-bond acceptors (Lipinski definition) is 7. The van der Waals surface area contributed by atoms with Crippen molar-refractivity contribution in [3.05, 3.63) is 166 Å². The van der Waals surface area contributed by atoms with Crippen molar-refractivity contribution < 1.29 is 14.0 Å². The highest BCUT2D eigenvalue weighted by Gasteiger charge is 2.34. The summed E-state index contributed by atoms with van der Waals surface area (Å²) in [6, 6.07) is 42.8. The zero-order valence-corrected chi connectivity index (χ0v) is 29.2. The van der Waals surface area contributed by atoms with Crippen LogP contribution in [0.4, 0.5) is 11.4 Å². The predicted molar refractivity (Wildman–Crippen MR) is 207 cm³/mol. The Morgan fingerprint density at radius 3 is 1.52 bits per heavy atom. The first-order chi connectivity index (χ1) is 24.6. The van der Waals surface area contributed by atoms with Crippen molar-refractivity contribution in [1.82, 2.24) is 9.80 Å². The Morgan fingerprint density at radius 1 is 0.600 bits per heavy atom. The van der Waals surface area contributed by atoms with E-state index in [2.05, 4.69) is 16.9 Å². The minimum absolute atomic E-state index is 0.0481. The normalized spacial score (nSPS) is 17.6. The summed E-state index contributed by atoms with van der Waals surface area (Å²) in [5.41, 5.74) is 3.70. The van der Waals surface area contributed by atoms with Gasteiger partial charge in [-0.3, -0.25) is 19.4 Å². The fraction of sp³-hybridized carbons (Fsp3) is 0.122. The molecule has 0 N–H and O–H groups in total. The van der Waals surface area contributed by atoms with E-state index < -0.39 is 0 Å². The minimum atomic E-state index is -0.0649. The third kappa shape index (κ3) is 9.19. The van der Waals surface area contributed by atoms with E-state index >= 15 is 0 Å². The third-order valence-electron chi connectivity index (χ3n) is 7.56. The standard InChI is InChI=1S/C21H16N2O2S.C20H20N2OS/c24-20-19(14-16-8-3-1-4-9-16)26-21(22-17-10-5-2-6-11-17)23(20)15-18-12-7-13-25-18;1-2-3-14-22-19(23)18(15-16-10-6-4-7-11-16)24-20(22)21-17-12-8-5-9-13-17/h1-14H,15H2;4-13,15H,2-3,14H2,1H3/b19-14-,22-21?;18-15-,21-20?. The van der Waals surface area contributed by atoms with Crippen molar-refractivity contribution >= 4 is 69.2 Å². The highest BCUT2D eigenvalue weighted by molar-refractivity contribution is 8.19. The maximum Gasteiger partial charge on any atom is 0.267 e. The summed E-state index contributed by atoms with van der Waals surface area (Å²) in [5.74, 6) is 0.706. The largest absolute Gasteiger partial charge is 0.467 e. The summed E-state index contributed by atoms with van der Waals surface area (Å²) in [4.78, 5) is 39.9. The first kappa shape index (κ1) is 34.5. The van der Waals surface area contributed by atoms with Crippen LogP contribution in [0.25, 0.3) is 12.2 Å². The number of carbonyl (C=O) groups is 2. The first-order valence-corrected chi connectivity index (χ1v) is 18.0. The van der Waals surface area contributed by atoms with Crippen LogP contribution in [-0.4, -0.2) is 38.5 Å². The number of benzene rings is 4. The van der Waals surface area contributed by atoms with E-state index in [1.54, 1.807) is 16.1 Å². The lowest BCUT2D eigenvalue weighted by Gasteiger charge is -2.14. The van der Waals surface area contributed by atoms with Gasteiger partial charge in [0.1, 0.15) is 5.76 Å². The molecule has 4 aromatic carbocycles. The molecule has 250 valence electrons. The number of aliphatic imine (C=N–C) groups is 2. The molecular formula is C41H36N4O3S2. The van der Waals surface area contributed by atoms with E-state index in [0.29, 0.717) is 23.2 Å². The van der Waals surface area contributed by atoms with Crippen molar-refractivity contribution in [2.75, 3.05) is 6.54 Å². The van der Waals surface area contributed by atoms with Gasteiger partial charge in [-0.15, -0.1) is 0 Å². The van der Waals surface area contributed by atoms with Crippen LogP contribution in [0.1, 0.15) is 36.7 Å². The van der Waals surface area contributed by atoms with Gasteiger partial charge in [0.25, 0.3) is 11.8 Å². The van der Waals surface area contributed by atoms with Crippen molar-refractivity contribution in [2.45, 2.75) is 26.3 Å². The van der Waals surface area contributed by atoms with Gasteiger partial charge in [0.15, 0.2) is 10.3 Å². The average molecular weight is 697 g/mol. The molecule has 1 aromatic heterocycles. The fourth-order valence-corrected chi connectivity index (χ4v) is 7.04. The second kappa shape index (κ2) is 17.3. The van der Waals surface area contributed by atoms with Gasteiger partial charge in [0.05, 0.1) is 34.0 Å². The molecule has 0 spiro atoms. The molecular weight excluding hydrogens is 661 g/mol. The number of furan rings is 1. The Kier molecular flexibility index (Phi) is 12.0. The summed E-state index contributed by atoms with van der Waals surface area (Å²) in [6.45, 7) is 3.19. The van der Waals surface area contributed by atoms with Crippen LogP contribution < -0.4 is 0 Å². The summed E-state index contributed by atoms with van der Waals surface area (Å²) in [6.07, 6.45) is 7.47. The zero-order valence-electron chi connectivity index (χ0n) is 27.6. The Hall–Kier alpha value is -5.38. The van der Waals surface area contributed by atoms with Gasteiger partial charge in [-0.25, -0.2) is 9.98 Å². The zero-order chi connectivity index (χ0) is 34.5. The predicted octanol–water partition coefficient (Wildman–Crippen LogP) is 10.2. The van der Waals surface area contributed by atoms with Gasteiger partial charge >= 0.3 is 0 Å². The Morgan fingerprint density at radius 2 is 1.06 bits per heavy atom. The molecule has 2 amide bonds. The number of para-hydroxylation sites is 2. The molecule has 9 heteroatoms. The maximum absolute atomic E-state index is 13.0. The van der Waals surface area contributed by atoms with Gasteiger partial charge in [0, 0.05) is 6.54 Å². The van der Waals surface area contributed by atoms with Gasteiger partial charge in [-0.2, -0.15) is 0 Å². The number of thioether (sulfide) groups is 2. The number of unbranched alkanes of at least 4 members (excludes halogenated alkanes) is 1. The van der Waals surface area contributed by atoms with E-state index in [-0.39, 0.29) is 11.8 Å². The second-order valence-electron chi connectivity index (χ2n) is 11.3. The SMILES string of the molecule is CCCCN1C(=O)/C(=C/c2ccccc2)SC1=Nc1ccccc1.O=C1/C(=C/c2ccccc2)SC(=Nc2ccccc2)N1Cc1ccco1. The molecule has 0 aliphatic carbocycles. The molecule has 7 rings (SSSR count). The first-order valence-electron chi connectivity index (χ1n) is 16.4. The Balaban J connectivity index is 0.000000174. The molecule has 50 heavy (non-hydrogen) atoms. The molecule has 0 radical (unpaired) electrons. The lowest BCUT2D eigenvalue weighted by atomic mass is 10.2. The van der Waals surface area contributed by atoms with Crippen molar-refractivity contribution in [3.63, 3.8) is 0 Å². The van der Waals surface area contributed by atoms with Crippen LogP contribution in [-0.2, 0) is 16.1 Å². The summed E-state index contributed by atoms with van der Waals surface area (Å²) >= 11 is 2.84. The number of nitrogens with zero attached hydrogens (tertiary/aromatic N) is 4. The lowest BCUT2D eigenvalue weighted by Crippen LogP contribution is -2.30. The molecule has 0 atom stereocenters. The average Bonchev–Trinajstić information content (AvgIpc) is 3.85. The fourth-order valence-electron chi connectivity index (χ4n) is 5.02. The van der Waals surface area contributed by atoms with Crippen LogP contribution in [0, 0.1) is 0 Å². The monoisotopic (exact) mass is 696 g/mol. The van der Waals surface area contributed by atoms with Crippen LogP contribution in [0.5, 0.6) is 0 Å². The van der Waals surface area contributed by atoms with Gasteiger partial charge in [-0.1, -0.05) is 110 Å². The van der Waals surface area contributed by atoms with Crippen LogP contribution in [0.15, 0.2) is 164 Å². The highest BCUT2D eigenvalue weighted by Crippen LogP contribution is 2.36. The second-order valence-corrected chi connectivity index (χ2v) is 13.3. The quantitative estimate of drug-likeness (QED) is 0.143. The minimum Gasteiger partial charge on any atom is -0.467 e. The van der Waals surface area contributed by atoms with E-state index in [4.69, 9.17) is 4.42 Å². The van der Waals surface area contributed by atoms with E-state index in [0.717, 1.165) is 51.2 Å². The van der Waals surface area contributed by atoms with Crippen LogP contribution >= 0.6 is 23.5 Å². The number of amides is 2. The molecule has 5 aromatic rings. The highest BCUT2D eigenvalue weighted by atomic mass is 32.2. The topological polar surface area (TPSA) is 78.5 Å². The molecule has 0 unspecified atom stereocenters. The van der Waals surface area contributed by atoms with Gasteiger partial charge < -0.3 is 4.42 Å². The molecule has 2 saturated heterocycles. The summed E-state index contributed by atoms with van der Waals surface area (Å²) in [7, 11) is 0. The van der Waals surface area contributed by atoms with Gasteiger partial charge in [-0.05, 0) is 89.6 Å². The van der Waals surface area contributed by atoms with Crippen LogP contribution in [0.2, 0.25) is 0 Å². The number of rotatable bonds is 9. The van der Waals surface area contributed by atoms with Crippen molar-refractivity contribution in [2.24, 2.45) is 9.98 Å². The molecule has 0 saturated carbocycles. The van der Waals surface area contributed by atoms with E-state index in [1.165, 1.54) is 23.5 Å². The molecule has 7 nitrogen and oxygen atoms in total. The molecule has 2 fully saturated rings. The molecule has 2 aliphatic rings. The Bertz CT molecular complexity index is 1990.